The van der Waals surface area contributed by atoms with Crippen LogP contribution in [0.3, 0.4) is 0 Å². The number of hydrogen-bond acceptors (Lipinski definition) is 4. The van der Waals surface area contributed by atoms with Gasteiger partial charge in [-0.3, -0.25) is 0 Å². The summed E-state index contributed by atoms with van der Waals surface area (Å²) in [6, 6.07) is 5.76. The Hall–Kier alpha value is -1.43. The van der Waals surface area contributed by atoms with Crippen LogP contribution in [0.5, 0.6) is 0 Å². The minimum atomic E-state index is -0.516. The molecule has 1 aromatic carbocycles. The predicted octanol–water partition coefficient (Wildman–Crippen LogP) is 3.06. The Labute approximate surface area is 128 Å². The molecule has 5 nitrogen and oxygen atoms in total. The Morgan fingerprint density at radius 2 is 2.24 bits per heavy atom. The lowest BCUT2D eigenvalue weighted by Crippen LogP contribution is -2.24. The van der Waals surface area contributed by atoms with Crippen molar-refractivity contribution in [1.29, 1.82) is 0 Å². The van der Waals surface area contributed by atoms with E-state index in [0.717, 1.165) is 16.8 Å². The molecule has 0 N–H and O–H groups in total. The first-order chi connectivity index (χ1) is 9.93. The number of rotatable bonds is 3. The molecule has 0 radical (unpaired) electrons. The second kappa shape index (κ2) is 5.40. The van der Waals surface area contributed by atoms with Crippen LogP contribution in [-0.4, -0.2) is 33.5 Å². The maximum atomic E-state index is 6.05. The van der Waals surface area contributed by atoms with E-state index < -0.39 is 5.79 Å². The van der Waals surface area contributed by atoms with E-state index in [2.05, 4.69) is 10.3 Å². The fraction of sp³-hybridized carbons (Fsp3) is 0.467. The SMILES string of the molecule is Cc1ccc(Cl)cc1-c1cn(CC2COC(C)(C)O2)nn1. The summed E-state index contributed by atoms with van der Waals surface area (Å²) in [5, 5.41) is 9.08. The standard InChI is InChI=1S/C15H18ClN3O2/c1-10-4-5-11(16)6-13(10)14-8-19(18-17-14)7-12-9-20-15(2,3)21-12/h4-6,8,12H,7,9H2,1-3H3. The molecule has 2 aromatic rings. The van der Waals surface area contributed by atoms with E-state index in [-0.39, 0.29) is 6.10 Å². The molecule has 3 rings (SSSR count). The van der Waals surface area contributed by atoms with Gasteiger partial charge in [-0.1, -0.05) is 22.9 Å². The van der Waals surface area contributed by atoms with Gasteiger partial charge in [-0.15, -0.1) is 5.10 Å². The summed E-state index contributed by atoms with van der Waals surface area (Å²) in [5.74, 6) is -0.516. The lowest BCUT2D eigenvalue weighted by Gasteiger charge is -2.16. The topological polar surface area (TPSA) is 49.2 Å². The van der Waals surface area contributed by atoms with Gasteiger partial charge in [0.25, 0.3) is 0 Å². The second-order valence-electron chi connectivity index (χ2n) is 5.74. The third-order valence-electron chi connectivity index (χ3n) is 3.47. The van der Waals surface area contributed by atoms with Crippen LogP contribution in [0.4, 0.5) is 0 Å². The molecule has 0 aliphatic carbocycles. The average molecular weight is 308 g/mol. The van der Waals surface area contributed by atoms with Crippen LogP contribution in [0.15, 0.2) is 24.4 Å². The smallest absolute Gasteiger partial charge is 0.163 e. The van der Waals surface area contributed by atoms with Gasteiger partial charge in [-0.05, 0) is 38.5 Å². The Bertz CT molecular complexity index is 654. The number of aryl methyl sites for hydroxylation is 1. The lowest BCUT2D eigenvalue weighted by molar-refractivity contribution is -0.139. The van der Waals surface area contributed by atoms with E-state index >= 15 is 0 Å². The first-order valence-electron chi connectivity index (χ1n) is 6.91. The summed E-state index contributed by atoms with van der Waals surface area (Å²) in [6.07, 6.45) is 1.91. The van der Waals surface area contributed by atoms with E-state index in [1.807, 2.05) is 45.2 Å². The highest BCUT2D eigenvalue weighted by atomic mass is 35.5. The highest BCUT2D eigenvalue weighted by Gasteiger charge is 2.32. The molecule has 21 heavy (non-hydrogen) atoms. The van der Waals surface area contributed by atoms with Crippen molar-refractivity contribution in [2.75, 3.05) is 6.61 Å². The molecule has 1 saturated heterocycles. The highest BCUT2D eigenvalue weighted by Crippen LogP contribution is 2.26. The Morgan fingerprint density at radius 3 is 2.95 bits per heavy atom. The Morgan fingerprint density at radius 1 is 1.43 bits per heavy atom. The molecule has 1 unspecified atom stereocenters. The molecule has 1 fully saturated rings. The zero-order valence-corrected chi connectivity index (χ0v) is 13.1. The summed E-state index contributed by atoms with van der Waals surface area (Å²) in [7, 11) is 0. The van der Waals surface area contributed by atoms with Crippen molar-refractivity contribution in [2.45, 2.75) is 39.2 Å². The normalized spacial score (nSPS) is 20.9. The van der Waals surface area contributed by atoms with Crippen LogP contribution in [0, 0.1) is 6.92 Å². The predicted molar refractivity (Wildman–Crippen MR) is 80.1 cm³/mol. The largest absolute Gasteiger partial charge is 0.348 e. The summed E-state index contributed by atoms with van der Waals surface area (Å²) >= 11 is 6.05. The van der Waals surface area contributed by atoms with Crippen molar-refractivity contribution in [1.82, 2.24) is 15.0 Å². The zero-order valence-electron chi connectivity index (χ0n) is 12.3. The summed E-state index contributed by atoms with van der Waals surface area (Å²) in [6.45, 7) is 7.04. The van der Waals surface area contributed by atoms with E-state index in [1.165, 1.54) is 0 Å². The van der Waals surface area contributed by atoms with Gasteiger partial charge in [-0.2, -0.15) is 0 Å². The fourth-order valence-electron chi connectivity index (χ4n) is 2.44. The summed E-state index contributed by atoms with van der Waals surface area (Å²) in [4.78, 5) is 0. The molecule has 0 spiro atoms. The molecule has 2 heterocycles. The van der Waals surface area contributed by atoms with Gasteiger partial charge < -0.3 is 9.47 Å². The summed E-state index contributed by atoms with van der Waals surface area (Å²) < 4.78 is 13.1. The van der Waals surface area contributed by atoms with Crippen LogP contribution in [-0.2, 0) is 16.0 Å². The quantitative estimate of drug-likeness (QED) is 0.874. The van der Waals surface area contributed by atoms with Gasteiger partial charge in [0.15, 0.2) is 5.79 Å². The molecule has 0 amide bonds. The third-order valence-corrected chi connectivity index (χ3v) is 3.71. The number of benzene rings is 1. The molecule has 0 saturated carbocycles. The number of nitrogens with zero attached hydrogens (tertiary/aromatic N) is 3. The number of ether oxygens (including phenoxy) is 2. The summed E-state index contributed by atoms with van der Waals surface area (Å²) in [5.41, 5.74) is 2.93. The number of halogens is 1. The van der Waals surface area contributed by atoms with Gasteiger partial charge >= 0.3 is 0 Å². The van der Waals surface area contributed by atoms with Crippen molar-refractivity contribution >= 4 is 11.6 Å². The molecule has 1 aliphatic rings. The first-order valence-corrected chi connectivity index (χ1v) is 7.29. The van der Waals surface area contributed by atoms with Crippen molar-refractivity contribution in [3.63, 3.8) is 0 Å². The van der Waals surface area contributed by atoms with E-state index in [4.69, 9.17) is 21.1 Å². The first kappa shape index (κ1) is 14.5. The van der Waals surface area contributed by atoms with Gasteiger partial charge in [0, 0.05) is 10.6 Å². The number of aromatic nitrogens is 3. The van der Waals surface area contributed by atoms with Crippen molar-refractivity contribution in [3.05, 3.63) is 35.0 Å². The van der Waals surface area contributed by atoms with Crippen LogP contribution in [0.2, 0.25) is 5.02 Å². The molecule has 0 bridgehead atoms. The molecule has 1 aromatic heterocycles. The molecule has 6 heteroatoms. The Kier molecular flexibility index (Phi) is 3.73. The minimum absolute atomic E-state index is 0.00462. The number of hydrogen-bond donors (Lipinski definition) is 0. The highest BCUT2D eigenvalue weighted by molar-refractivity contribution is 6.30. The zero-order chi connectivity index (χ0) is 15.0. The minimum Gasteiger partial charge on any atom is -0.348 e. The van der Waals surface area contributed by atoms with Crippen LogP contribution in [0.1, 0.15) is 19.4 Å². The maximum absolute atomic E-state index is 6.05. The van der Waals surface area contributed by atoms with E-state index in [0.29, 0.717) is 18.2 Å². The maximum Gasteiger partial charge on any atom is 0.163 e. The molecular formula is C15H18ClN3O2. The van der Waals surface area contributed by atoms with E-state index in [1.54, 1.807) is 4.68 Å². The van der Waals surface area contributed by atoms with Gasteiger partial charge in [0.2, 0.25) is 0 Å². The molecular weight excluding hydrogens is 290 g/mol. The van der Waals surface area contributed by atoms with Gasteiger partial charge in [0.05, 0.1) is 19.3 Å². The van der Waals surface area contributed by atoms with E-state index in [9.17, 15) is 0 Å². The average Bonchev–Trinajstić information content (AvgIpc) is 3.00. The lowest BCUT2D eigenvalue weighted by atomic mass is 10.1. The Balaban J connectivity index is 1.76. The molecule has 1 aliphatic heterocycles. The van der Waals surface area contributed by atoms with Crippen molar-refractivity contribution < 1.29 is 9.47 Å². The molecule has 112 valence electrons. The van der Waals surface area contributed by atoms with Crippen LogP contribution < -0.4 is 0 Å². The fourth-order valence-corrected chi connectivity index (χ4v) is 2.61. The van der Waals surface area contributed by atoms with Gasteiger partial charge in [-0.25, -0.2) is 4.68 Å². The van der Waals surface area contributed by atoms with Crippen molar-refractivity contribution in [3.8, 4) is 11.3 Å². The third kappa shape index (κ3) is 3.26. The van der Waals surface area contributed by atoms with Crippen LogP contribution >= 0.6 is 11.6 Å². The van der Waals surface area contributed by atoms with Crippen molar-refractivity contribution in [2.24, 2.45) is 0 Å². The van der Waals surface area contributed by atoms with Crippen LogP contribution in [0.25, 0.3) is 11.3 Å². The monoisotopic (exact) mass is 307 g/mol. The molecule has 1 atom stereocenters. The second-order valence-corrected chi connectivity index (χ2v) is 6.17. The van der Waals surface area contributed by atoms with Gasteiger partial charge in [0.1, 0.15) is 11.8 Å².